The number of benzene rings is 3. The highest BCUT2D eigenvalue weighted by atomic mass is 32.2. The van der Waals surface area contributed by atoms with Crippen molar-refractivity contribution in [2.45, 2.75) is 70.0 Å². The van der Waals surface area contributed by atoms with E-state index in [2.05, 4.69) is 5.32 Å². The minimum atomic E-state index is -4.05. The normalized spacial score (nSPS) is 14.5. The number of sulfonamides is 1. The van der Waals surface area contributed by atoms with E-state index >= 15 is 0 Å². The van der Waals surface area contributed by atoms with Crippen LogP contribution >= 0.6 is 0 Å². The van der Waals surface area contributed by atoms with E-state index in [0.29, 0.717) is 5.69 Å². The second-order valence-electron chi connectivity index (χ2n) is 10.3. The summed E-state index contributed by atoms with van der Waals surface area (Å²) in [6.45, 7) is 5.36. The fourth-order valence-corrected chi connectivity index (χ4v) is 6.26. The van der Waals surface area contributed by atoms with E-state index in [-0.39, 0.29) is 23.4 Å². The van der Waals surface area contributed by atoms with Gasteiger partial charge >= 0.3 is 0 Å². The van der Waals surface area contributed by atoms with Crippen LogP contribution in [0.1, 0.15) is 49.3 Å². The molecule has 3 aromatic carbocycles. The van der Waals surface area contributed by atoms with Gasteiger partial charge in [-0.2, -0.15) is 0 Å². The third-order valence-corrected chi connectivity index (χ3v) is 9.06. The molecule has 206 valence electrons. The van der Waals surface area contributed by atoms with Crippen LogP contribution in [0.3, 0.4) is 0 Å². The molecule has 39 heavy (non-hydrogen) atoms. The fourth-order valence-electron chi connectivity index (χ4n) is 4.82. The molecule has 0 heterocycles. The highest BCUT2D eigenvalue weighted by Crippen LogP contribution is 2.25. The molecule has 7 nitrogen and oxygen atoms in total. The first-order valence-corrected chi connectivity index (χ1v) is 14.9. The highest BCUT2D eigenvalue weighted by molar-refractivity contribution is 7.92. The van der Waals surface area contributed by atoms with Crippen molar-refractivity contribution in [3.05, 3.63) is 95.6 Å². The van der Waals surface area contributed by atoms with E-state index in [0.717, 1.165) is 46.7 Å². The topological polar surface area (TPSA) is 86.8 Å². The van der Waals surface area contributed by atoms with E-state index in [9.17, 15) is 18.0 Å². The van der Waals surface area contributed by atoms with Crippen LogP contribution in [0.25, 0.3) is 0 Å². The molecule has 0 saturated heterocycles. The van der Waals surface area contributed by atoms with Gasteiger partial charge in [0.15, 0.2) is 0 Å². The molecule has 0 radical (unpaired) electrons. The van der Waals surface area contributed by atoms with Crippen LogP contribution in [-0.4, -0.2) is 43.8 Å². The summed E-state index contributed by atoms with van der Waals surface area (Å²) in [5.74, 6) is -0.681. The Bertz CT molecular complexity index is 1370. The molecule has 4 rings (SSSR count). The summed E-state index contributed by atoms with van der Waals surface area (Å²) in [6, 6.07) is 22.2. The number of hydrogen-bond donors (Lipinski definition) is 1. The SMILES string of the molecule is Cc1ccc(CN(C(=O)CN(c2ccc(C)cc2)S(=O)(=O)c2ccccc2)C(C)C(=O)NC2CCCC2)cc1. The lowest BCUT2D eigenvalue weighted by molar-refractivity contribution is -0.139. The van der Waals surface area contributed by atoms with Crippen molar-refractivity contribution in [2.24, 2.45) is 0 Å². The van der Waals surface area contributed by atoms with Crippen molar-refractivity contribution in [1.29, 1.82) is 0 Å². The molecule has 0 aliphatic heterocycles. The molecule has 1 aliphatic carbocycles. The first-order valence-electron chi connectivity index (χ1n) is 13.4. The van der Waals surface area contributed by atoms with Crippen molar-refractivity contribution in [3.8, 4) is 0 Å². The van der Waals surface area contributed by atoms with Crippen LogP contribution in [0.2, 0.25) is 0 Å². The zero-order valence-corrected chi connectivity index (χ0v) is 23.7. The number of hydrogen-bond acceptors (Lipinski definition) is 4. The maximum absolute atomic E-state index is 14.0. The second kappa shape index (κ2) is 12.5. The van der Waals surface area contributed by atoms with E-state index < -0.39 is 28.5 Å². The number of nitrogens with zero attached hydrogens (tertiary/aromatic N) is 2. The van der Waals surface area contributed by atoms with E-state index in [4.69, 9.17) is 0 Å². The third kappa shape index (κ3) is 7.06. The number of amides is 2. The van der Waals surface area contributed by atoms with Gasteiger partial charge in [-0.05, 0) is 63.4 Å². The lowest BCUT2D eigenvalue weighted by Crippen LogP contribution is -2.52. The number of aryl methyl sites for hydroxylation is 2. The van der Waals surface area contributed by atoms with Crippen molar-refractivity contribution in [2.75, 3.05) is 10.8 Å². The molecule has 3 aromatic rings. The zero-order chi connectivity index (χ0) is 28.0. The van der Waals surface area contributed by atoms with Gasteiger partial charge < -0.3 is 10.2 Å². The molecular formula is C31H37N3O4S. The molecule has 1 atom stereocenters. The van der Waals surface area contributed by atoms with Crippen LogP contribution < -0.4 is 9.62 Å². The van der Waals surface area contributed by atoms with Gasteiger partial charge in [0.1, 0.15) is 12.6 Å². The van der Waals surface area contributed by atoms with Crippen LogP contribution in [0, 0.1) is 13.8 Å². The fraction of sp³-hybridized carbons (Fsp3) is 0.355. The average molecular weight is 548 g/mol. The maximum Gasteiger partial charge on any atom is 0.264 e. The first kappa shape index (κ1) is 28.4. The quantitative estimate of drug-likeness (QED) is 0.388. The van der Waals surface area contributed by atoms with E-state index in [1.807, 2.05) is 50.2 Å². The van der Waals surface area contributed by atoms with Gasteiger partial charge in [-0.15, -0.1) is 0 Å². The average Bonchev–Trinajstić information content (AvgIpc) is 3.45. The Morgan fingerprint density at radius 2 is 1.44 bits per heavy atom. The van der Waals surface area contributed by atoms with Gasteiger partial charge in [0.05, 0.1) is 10.6 Å². The summed E-state index contributed by atoms with van der Waals surface area (Å²) in [6.07, 6.45) is 4.02. The summed E-state index contributed by atoms with van der Waals surface area (Å²) in [5, 5.41) is 3.09. The Morgan fingerprint density at radius 1 is 0.872 bits per heavy atom. The summed E-state index contributed by atoms with van der Waals surface area (Å²) < 4.78 is 28.7. The van der Waals surface area contributed by atoms with Crippen LogP contribution in [-0.2, 0) is 26.2 Å². The van der Waals surface area contributed by atoms with Gasteiger partial charge in [0.2, 0.25) is 11.8 Å². The molecule has 1 fully saturated rings. The Balaban J connectivity index is 1.66. The van der Waals surface area contributed by atoms with Crippen LogP contribution in [0.4, 0.5) is 5.69 Å². The highest BCUT2D eigenvalue weighted by Gasteiger charge is 2.33. The minimum Gasteiger partial charge on any atom is -0.352 e. The van der Waals surface area contributed by atoms with Gasteiger partial charge in [-0.1, -0.05) is 78.6 Å². The molecule has 0 aromatic heterocycles. The number of carbonyl (C=O) groups excluding carboxylic acids is 2. The predicted octanol–water partition coefficient (Wildman–Crippen LogP) is 4.97. The Morgan fingerprint density at radius 3 is 2.03 bits per heavy atom. The van der Waals surface area contributed by atoms with Gasteiger partial charge in [-0.25, -0.2) is 8.42 Å². The first-order chi connectivity index (χ1) is 18.6. The van der Waals surface area contributed by atoms with Crippen molar-refractivity contribution in [1.82, 2.24) is 10.2 Å². The molecule has 0 spiro atoms. The molecule has 2 amide bonds. The summed E-state index contributed by atoms with van der Waals surface area (Å²) >= 11 is 0. The maximum atomic E-state index is 14.0. The molecule has 1 unspecified atom stereocenters. The van der Waals surface area contributed by atoms with Gasteiger partial charge in [0, 0.05) is 12.6 Å². The lowest BCUT2D eigenvalue weighted by Gasteiger charge is -2.32. The third-order valence-electron chi connectivity index (χ3n) is 7.27. The van der Waals surface area contributed by atoms with Crippen molar-refractivity contribution >= 4 is 27.5 Å². The molecule has 1 N–H and O–H groups in total. The minimum absolute atomic E-state index is 0.0930. The molecule has 1 aliphatic rings. The van der Waals surface area contributed by atoms with Crippen molar-refractivity contribution in [3.63, 3.8) is 0 Å². The molecular weight excluding hydrogens is 510 g/mol. The predicted molar refractivity (Wildman–Crippen MR) is 154 cm³/mol. The van der Waals surface area contributed by atoms with E-state index in [1.165, 1.54) is 17.0 Å². The molecule has 0 bridgehead atoms. The molecule has 1 saturated carbocycles. The summed E-state index contributed by atoms with van der Waals surface area (Å²) in [5.41, 5.74) is 3.31. The Hall–Kier alpha value is -3.65. The second-order valence-corrected chi connectivity index (χ2v) is 12.2. The smallest absolute Gasteiger partial charge is 0.264 e. The van der Waals surface area contributed by atoms with Gasteiger partial charge in [0.25, 0.3) is 10.0 Å². The largest absolute Gasteiger partial charge is 0.352 e. The standard InChI is InChI=1S/C31H37N3O4S/c1-23-13-17-26(18-14-23)21-33(25(3)31(36)32-27-9-7-8-10-27)30(35)22-34(28-19-15-24(2)16-20-28)39(37,38)29-11-5-4-6-12-29/h4-6,11-20,25,27H,7-10,21-22H2,1-3H3,(H,32,36). The van der Waals surface area contributed by atoms with Crippen molar-refractivity contribution < 1.29 is 18.0 Å². The Labute approximate surface area is 231 Å². The lowest BCUT2D eigenvalue weighted by atomic mass is 10.1. The molecule has 8 heteroatoms. The van der Waals surface area contributed by atoms with Gasteiger partial charge in [-0.3, -0.25) is 13.9 Å². The number of anilines is 1. The number of nitrogens with one attached hydrogen (secondary N) is 1. The van der Waals surface area contributed by atoms with E-state index in [1.54, 1.807) is 37.3 Å². The number of rotatable bonds is 10. The Kier molecular flexibility index (Phi) is 9.07. The van der Waals surface area contributed by atoms with Crippen LogP contribution in [0.5, 0.6) is 0 Å². The summed E-state index contributed by atoms with van der Waals surface area (Å²) in [7, 11) is -4.05. The summed E-state index contributed by atoms with van der Waals surface area (Å²) in [4.78, 5) is 28.8. The number of carbonyl (C=O) groups is 2. The monoisotopic (exact) mass is 547 g/mol. The zero-order valence-electron chi connectivity index (χ0n) is 22.8. The van der Waals surface area contributed by atoms with Crippen LogP contribution in [0.15, 0.2) is 83.8 Å².